The molecule has 0 aromatic carbocycles. The monoisotopic (exact) mass is 428 g/mol. The number of carbonyl (C=O) groups is 1. The summed E-state index contributed by atoms with van der Waals surface area (Å²) in [6.45, 7) is 5.79. The summed E-state index contributed by atoms with van der Waals surface area (Å²) in [4.78, 5) is 28.7. The molecule has 1 aliphatic rings. The quantitative estimate of drug-likeness (QED) is 0.567. The van der Waals surface area contributed by atoms with E-state index in [0.717, 1.165) is 11.3 Å². The number of aromatic nitrogens is 3. The Balaban J connectivity index is 1.72. The van der Waals surface area contributed by atoms with Crippen LogP contribution in [0.2, 0.25) is 0 Å². The van der Waals surface area contributed by atoms with E-state index < -0.39 is 5.41 Å². The van der Waals surface area contributed by atoms with Crippen molar-refractivity contribution in [3.63, 3.8) is 0 Å². The molecule has 1 amide bonds. The summed E-state index contributed by atoms with van der Waals surface area (Å²) < 4.78 is 10.6. The first-order chi connectivity index (χ1) is 15.3. The molecule has 0 bridgehead atoms. The molecule has 7 heteroatoms. The molecule has 162 valence electrons. The highest BCUT2D eigenvalue weighted by molar-refractivity contribution is 6.10. The van der Waals surface area contributed by atoms with Crippen LogP contribution in [0.3, 0.4) is 0 Å². The number of ether oxygens (including phenoxy) is 2. The smallest absolute Gasteiger partial charge is 0.261 e. The lowest BCUT2D eigenvalue weighted by Gasteiger charge is -2.23. The van der Waals surface area contributed by atoms with Crippen LogP contribution in [0.15, 0.2) is 42.6 Å². The molecular formula is C25H24N4O3. The fraction of sp³-hybridized carbons (Fsp3) is 0.280. The van der Waals surface area contributed by atoms with Crippen molar-refractivity contribution in [3.05, 3.63) is 59.5 Å². The number of nitrogens with zero attached hydrogens (tertiary/aromatic N) is 4. The molecule has 3 aromatic rings. The summed E-state index contributed by atoms with van der Waals surface area (Å²) in [5, 5.41) is 0. The summed E-state index contributed by atoms with van der Waals surface area (Å²) in [5.74, 6) is 4.07. The molecule has 0 fully saturated rings. The zero-order chi connectivity index (χ0) is 23.0. The highest BCUT2D eigenvalue weighted by Gasteiger charge is 2.37. The normalized spacial score (nSPS) is 15.3. The molecule has 32 heavy (non-hydrogen) atoms. The van der Waals surface area contributed by atoms with E-state index in [4.69, 9.17) is 25.9 Å². The fourth-order valence-corrected chi connectivity index (χ4v) is 3.72. The summed E-state index contributed by atoms with van der Waals surface area (Å²) in [5.41, 5.74) is 2.89. The van der Waals surface area contributed by atoms with Crippen molar-refractivity contribution in [1.82, 2.24) is 15.0 Å². The minimum Gasteiger partial charge on any atom is -0.491 e. The third-order valence-corrected chi connectivity index (χ3v) is 5.67. The minimum atomic E-state index is -0.541. The van der Waals surface area contributed by atoms with E-state index in [-0.39, 0.29) is 11.9 Å². The van der Waals surface area contributed by atoms with E-state index in [9.17, 15) is 4.79 Å². The van der Waals surface area contributed by atoms with E-state index >= 15 is 0 Å². The SMILES string of the molecule is C#CC(C)(C)c1cccc(N2C(=O)c3ccc(-c4cnc(OC)c(OC)c4)nc3[C@H]2C)n1. The van der Waals surface area contributed by atoms with Crippen LogP contribution in [0.4, 0.5) is 5.82 Å². The van der Waals surface area contributed by atoms with E-state index in [1.807, 2.05) is 45.0 Å². The van der Waals surface area contributed by atoms with Crippen molar-refractivity contribution in [3.8, 4) is 35.2 Å². The Labute approximate surface area is 187 Å². The van der Waals surface area contributed by atoms with Gasteiger partial charge in [0.1, 0.15) is 5.82 Å². The van der Waals surface area contributed by atoms with Crippen LogP contribution >= 0.6 is 0 Å². The Hall–Kier alpha value is -3.92. The number of rotatable bonds is 5. The van der Waals surface area contributed by atoms with Crippen molar-refractivity contribution in [1.29, 1.82) is 0 Å². The lowest BCUT2D eigenvalue weighted by atomic mass is 9.90. The lowest BCUT2D eigenvalue weighted by Crippen LogP contribution is -2.28. The molecule has 0 unspecified atom stereocenters. The van der Waals surface area contributed by atoms with E-state index in [2.05, 4.69) is 10.9 Å². The second-order valence-electron chi connectivity index (χ2n) is 8.07. The van der Waals surface area contributed by atoms with Gasteiger partial charge in [-0.1, -0.05) is 12.0 Å². The average Bonchev–Trinajstić information content (AvgIpc) is 3.07. The van der Waals surface area contributed by atoms with Gasteiger partial charge in [-0.2, -0.15) is 0 Å². The first-order valence-corrected chi connectivity index (χ1v) is 10.2. The van der Waals surface area contributed by atoms with Crippen molar-refractivity contribution in [2.75, 3.05) is 19.1 Å². The fourth-order valence-electron chi connectivity index (χ4n) is 3.72. The maximum Gasteiger partial charge on any atom is 0.261 e. The van der Waals surface area contributed by atoms with Crippen molar-refractivity contribution < 1.29 is 14.3 Å². The molecule has 4 heterocycles. The third kappa shape index (κ3) is 3.44. The van der Waals surface area contributed by atoms with Crippen LogP contribution in [0.1, 0.15) is 48.6 Å². The average molecular weight is 428 g/mol. The van der Waals surface area contributed by atoms with Crippen LogP contribution in [-0.2, 0) is 5.41 Å². The maximum absolute atomic E-state index is 13.2. The largest absolute Gasteiger partial charge is 0.491 e. The molecule has 0 spiro atoms. The second-order valence-corrected chi connectivity index (χ2v) is 8.07. The van der Waals surface area contributed by atoms with Gasteiger partial charge in [0.2, 0.25) is 0 Å². The van der Waals surface area contributed by atoms with Crippen molar-refractivity contribution >= 4 is 11.7 Å². The third-order valence-electron chi connectivity index (χ3n) is 5.67. The minimum absolute atomic E-state index is 0.139. The summed E-state index contributed by atoms with van der Waals surface area (Å²) >= 11 is 0. The van der Waals surface area contributed by atoms with E-state index in [1.54, 1.807) is 30.3 Å². The van der Waals surface area contributed by atoms with Gasteiger partial charge in [-0.25, -0.2) is 15.0 Å². The van der Waals surface area contributed by atoms with Gasteiger partial charge in [0.05, 0.1) is 48.3 Å². The molecule has 4 rings (SSSR count). The van der Waals surface area contributed by atoms with Crippen LogP contribution in [0.25, 0.3) is 11.3 Å². The number of pyridine rings is 3. The molecular weight excluding hydrogens is 404 g/mol. The highest BCUT2D eigenvalue weighted by atomic mass is 16.5. The molecule has 0 saturated heterocycles. The van der Waals surface area contributed by atoms with Gasteiger partial charge in [-0.05, 0) is 51.1 Å². The first kappa shape index (κ1) is 21.3. The number of amides is 1. The van der Waals surface area contributed by atoms with Gasteiger partial charge in [0, 0.05) is 11.8 Å². The molecule has 1 atom stereocenters. The maximum atomic E-state index is 13.2. The number of terminal acetylenes is 1. The molecule has 3 aromatic heterocycles. The van der Waals surface area contributed by atoms with Gasteiger partial charge < -0.3 is 9.47 Å². The Morgan fingerprint density at radius 2 is 1.91 bits per heavy atom. The van der Waals surface area contributed by atoms with Crippen LogP contribution in [0, 0.1) is 12.3 Å². The van der Waals surface area contributed by atoms with E-state index in [1.165, 1.54) is 7.11 Å². The number of hydrogen-bond donors (Lipinski definition) is 0. The zero-order valence-electron chi connectivity index (χ0n) is 18.7. The topological polar surface area (TPSA) is 77.4 Å². The lowest BCUT2D eigenvalue weighted by molar-refractivity contribution is 0.0991. The van der Waals surface area contributed by atoms with Crippen LogP contribution in [0.5, 0.6) is 11.6 Å². The Morgan fingerprint density at radius 1 is 1.12 bits per heavy atom. The number of hydrogen-bond acceptors (Lipinski definition) is 6. The van der Waals surface area contributed by atoms with Crippen LogP contribution in [-0.4, -0.2) is 35.1 Å². The molecule has 7 nitrogen and oxygen atoms in total. The standard InChI is InChI=1S/C25H24N4O3/c1-7-25(3,4)20-9-8-10-21(28-20)29-15(2)22-17(24(29)30)11-12-18(27-22)16-13-19(31-5)23(32-6)26-14-16/h1,8-15H,2-6H3/t15-/m1/s1. The number of carbonyl (C=O) groups excluding carboxylic acids is 1. The molecule has 0 N–H and O–H groups in total. The van der Waals surface area contributed by atoms with Gasteiger partial charge in [-0.3, -0.25) is 9.69 Å². The van der Waals surface area contributed by atoms with Crippen LogP contribution < -0.4 is 14.4 Å². The van der Waals surface area contributed by atoms with Gasteiger partial charge in [0.25, 0.3) is 11.8 Å². The van der Waals surface area contributed by atoms with Gasteiger partial charge in [-0.15, -0.1) is 6.42 Å². The summed E-state index contributed by atoms with van der Waals surface area (Å²) in [6, 6.07) is 10.7. The number of anilines is 1. The summed E-state index contributed by atoms with van der Waals surface area (Å²) in [6.07, 6.45) is 7.34. The van der Waals surface area contributed by atoms with E-state index in [0.29, 0.717) is 34.4 Å². The van der Waals surface area contributed by atoms with Crippen molar-refractivity contribution in [2.24, 2.45) is 0 Å². The molecule has 0 saturated carbocycles. The predicted octanol–water partition coefficient (Wildman–Crippen LogP) is 4.19. The zero-order valence-corrected chi connectivity index (χ0v) is 18.7. The highest BCUT2D eigenvalue weighted by Crippen LogP contribution is 2.38. The molecule has 1 aliphatic heterocycles. The Bertz CT molecular complexity index is 1250. The van der Waals surface area contributed by atoms with Gasteiger partial charge >= 0.3 is 0 Å². The number of fused-ring (bicyclic) bond motifs is 1. The predicted molar refractivity (Wildman–Crippen MR) is 122 cm³/mol. The first-order valence-electron chi connectivity index (χ1n) is 10.2. The molecule has 0 aliphatic carbocycles. The van der Waals surface area contributed by atoms with Gasteiger partial charge in [0.15, 0.2) is 5.75 Å². The Morgan fingerprint density at radius 3 is 2.59 bits per heavy atom. The number of methoxy groups -OCH3 is 2. The molecule has 0 radical (unpaired) electrons. The Kier molecular flexibility index (Phi) is 5.31. The summed E-state index contributed by atoms with van der Waals surface area (Å²) in [7, 11) is 3.09. The second kappa shape index (κ2) is 7.97. The van der Waals surface area contributed by atoms with Crippen molar-refractivity contribution in [2.45, 2.75) is 32.2 Å².